The number of amides is 1. The molecule has 0 aromatic heterocycles. The molecule has 2 aliphatic rings. The average molecular weight is 388 g/mol. The van der Waals surface area contributed by atoms with Crippen LogP contribution in [0.2, 0.25) is 5.02 Å². The highest BCUT2D eigenvalue weighted by molar-refractivity contribution is 6.32. The molecule has 2 heterocycles. The third-order valence-corrected chi connectivity index (χ3v) is 5.50. The summed E-state index contributed by atoms with van der Waals surface area (Å²) in [4.78, 5) is 14.6. The normalized spacial score (nSPS) is 17.0. The number of likely N-dealkylation sites (tertiary alicyclic amines) is 1. The van der Waals surface area contributed by atoms with Crippen LogP contribution in [-0.2, 0) is 11.2 Å². The summed E-state index contributed by atoms with van der Waals surface area (Å²) in [5.74, 6) is 1.99. The number of benzene rings is 2. The lowest BCUT2D eigenvalue weighted by Crippen LogP contribution is -2.38. The van der Waals surface area contributed by atoms with E-state index in [1.807, 2.05) is 23.1 Å². The van der Waals surface area contributed by atoms with Gasteiger partial charge in [0.15, 0.2) is 11.5 Å². The molecule has 2 aromatic carbocycles. The van der Waals surface area contributed by atoms with Crippen LogP contribution in [0.15, 0.2) is 36.4 Å². The van der Waals surface area contributed by atoms with Gasteiger partial charge in [-0.2, -0.15) is 0 Å². The van der Waals surface area contributed by atoms with Gasteiger partial charge in [0, 0.05) is 13.1 Å². The van der Waals surface area contributed by atoms with Crippen molar-refractivity contribution >= 4 is 17.5 Å². The molecule has 0 atom stereocenters. The van der Waals surface area contributed by atoms with Crippen molar-refractivity contribution in [2.24, 2.45) is 0 Å². The SMILES string of the molecule is O=C(Cc1cc(Cl)c2c(c1)OCCO2)N1CCC(c2ccc(O)cc2)CC1. The van der Waals surface area contributed by atoms with Crippen LogP contribution in [0.5, 0.6) is 17.2 Å². The van der Waals surface area contributed by atoms with Crippen LogP contribution >= 0.6 is 11.6 Å². The van der Waals surface area contributed by atoms with E-state index >= 15 is 0 Å². The maximum atomic E-state index is 12.7. The molecule has 0 unspecified atom stereocenters. The van der Waals surface area contributed by atoms with Crippen LogP contribution in [0, 0.1) is 0 Å². The van der Waals surface area contributed by atoms with Crippen molar-refractivity contribution in [3.8, 4) is 17.2 Å². The number of phenols is 1. The predicted octanol–water partition coefficient (Wildman–Crippen LogP) is 3.77. The summed E-state index contributed by atoms with van der Waals surface area (Å²) >= 11 is 6.27. The van der Waals surface area contributed by atoms with E-state index in [4.69, 9.17) is 21.1 Å². The Morgan fingerprint density at radius 2 is 1.81 bits per heavy atom. The Hall–Kier alpha value is -2.40. The molecule has 0 bridgehead atoms. The first kappa shape index (κ1) is 18.0. The molecule has 1 fully saturated rings. The van der Waals surface area contributed by atoms with E-state index in [2.05, 4.69) is 0 Å². The van der Waals surface area contributed by atoms with Gasteiger partial charge in [0.2, 0.25) is 5.91 Å². The van der Waals surface area contributed by atoms with E-state index in [-0.39, 0.29) is 11.7 Å². The average Bonchev–Trinajstić information content (AvgIpc) is 2.69. The van der Waals surface area contributed by atoms with Gasteiger partial charge < -0.3 is 19.5 Å². The molecule has 1 amide bonds. The molecule has 0 radical (unpaired) electrons. The Kier molecular flexibility index (Phi) is 5.12. The third-order valence-electron chi connectivity index (χ3n) is 5.22. The van der Waals surface area contributed by atoms with Crippen molar-refractivity contribution in [2.45, 2.75) is 25.2 Å². The van der Waals surface area contributed by atoms with Crippen LogP contribution in [0.3, 0.4) is 0 Å². The fraction of sp³-hybridized carbons (Fsp3) is 0.381. The highest BCUT2D eigenvalue weighted by atomic mass is 35.5. The molecule has 0 saturated carbocycles. The minimum absolute atomic E-state index is 0.104. The molecular formula is C21H22ClNO4. The van der Waals surface area contributed by atoms with E-state index in [9.17, 15) is 9.90 Å². The molecule has 142 valence electrons. The van der Waals surface area contributed by atoms with Gasteiger partial charge in [-0.05, 0) is 54.2 Å². The fourth-order valence-electron chi connectivity index (χ4n) is 3.76. The van der Waals surface area contributed by atoms with Crippen molar-refractivity contribution < 1.29 is 19.4 Å². The number of halogens is 1. The van der Waals surface area contributed by atoms with E-state index < -0.39 is 0 Å². The van der Waals surface area contributed by atoms with Crippen molar-refractivity contribution in [1.29, 1.82) is 0 Å². The number of ether oxygens (including phenoxy) is 2. The molecule has 6 heteroatoms. The second-order valence-corrected chi connectivity index (χ2v) is 7.43. The van der Waals surface area contributed by atoms with Gasteiger partial charge in [-0.3, -0.25) is 4.79 Å². The van der Waals surface area contributed by atoms with Crippen molar-refractivity contribution in [2.75, 3.05) is 26.3 Å². The Morgan fingerprint density at radius 3 is 2.56 bits per heavy atom. The Morgan fingerprint density at radius 1 is 1.11 bits per heavy atom. The number of carbonyl (C=O) groups excluding carboxylic acids is 1. The molecule has 4 rings (SSSR count). The number of phenolic OH excluding ortho intramolecular Hbond substituents is 1. The zero-order valence-corrected chi connectivity index (χ0v) is 15.7. The van der Waals surface area contributed by atoms with Crippen LogP contribution in [-0.4, -0.2) is 42.2 Å². The number of nitrogens with zero attached hydrogens (tertiary/aromatic N) is 1. The first-order valence-corrected chi connectivity index (χ1v) is 9.62. The summed E-state index contributed by atoms with van der Waals surface area (Å²) in [6.45, 7) is 2.46. The minimum atomic E-state index is 0.104. The highest BCUT2D eigenvalue weighted by Crippen LogP contribution is 2.38. The summed E-state index contributed by atoms with van der Waals surface area (Å²) < 4.78 is 11.1. The van der Waals surface area contributed by atoms with Crippen LogP contribution < -0.4 is 9.47 Å². The zero-order valence-electron chi connectivity index (χ0n) is 15.0. The van der Waals surface area contributed by atoms with Crippen molar-refractivity contribution in [3.05, 3.63) is 52.5 Å². The molecule has 0 spiro atoms. The van der Waals surface area contributed by atoms with Crippen molar-refractivity contribution in [1.82, 2.24) is 4.90 Å². The van der Waals surface area contributed by atoms with E-state index in [0.29, 0.717) is 42.1 Å². The molecule has 2 aromatic rings. The van der Waals surface area contributed by atoms with Gasteiger partial charge in [0.1, 0.15) is 19.0 Å². The lowest BCUT2D eigenvalue weighted by atomic mass is 9.89. The standard InChI is InChI=1S/C21H22ClNO4/c22-18-11-14(12-19-21(18)27-10-9-26-19)13-20(25)23-7-5-16(6-8-23)15-1-3-17(24)4-2-15/h1-4,11-12,16,24H,5-10,13H2. The van der Waals surface area contributed by atoms with Gasteiger partial charge in [-0.1, -0.05) is 23.7 Å². The summed E-state index contributed by atoms with van der Waals surface area (Å²) in [6, 6.07) is 11.0. The van der Waals surface area contributed by atoms with E-state index in [1.165, 1.54) is 5.56 Å². The second-order valence-electron chi connectivity index (χ2n) is 7.03. The number of hydrogen-bond donors (Lipinski definition) is 1. The quantitative estimate of drug-likeness (QED) is 0.871. The van der Waals surface area contributed by atoms with Crippen LogP contribution in [0.25, 0.3) is 0 Å². The summed E-state index contributed by atoms with van der Waals surface area (Å²) in [5, 5.41) is 9.91. The first-order valence-electron chi connectivity index (χ1n) is 9.25. The number of aromatic hydroxyl groups is 1. The zero-order chi connectivity index (χ0) is 18.8. The summed E-state index contributed by atoms with van der Waals surface area (Å²) in [5.41, 5.74) is 2.06. The molecule has 1 saturated heterocycles. The topological polar surface area (TPSA) is 59.0 Å². The largest absolute Gasteiger partial charge is 0.508 e. The minimum Gasteiger partial charge on any atom is -0.508 e. The van der Waals surface area contributed by atoms with Crippen molar-refractivity contribution in [3.63, 3.8) is 0 Å². The molecule has 1 N–H and O–H groups in total. The van der Waals surface area contributed by atoms with E-state index in [0.717, 1.165) is 31.5 Å². The van der Waals surface area contributed by atoms with Gasteiger partial charge in [0.25, 0.3) is 0 Å². The maximum absolute atomic E-state index is 12.7. The van der Waals surface area contributed by atoms with Gasteiger partial charge in [-0.25, -0.2) is 0 Å². The van der Waals surface area contributed by atoms with Gasteiger partial charge in [0.05, 0.1) is 11.4 Å². The molecular weight excluding hydrogens is 366 g/mol. The number of carbonyl (C=O) groups is 1. The smallest absolute Gasteiger partial charge is 0.226 e. The monoisotopic (exact) mass is 387 g/mol. The van der Waals surface area contributed by atoms with Crippen LogP contribution in [0.4, 0.5) is 0 Å². The molecule has 5 nitrogen and oxygen atoms in total. The highest BCUT2D eigenvalue weighted by Gasteiger charge is 2.25. The summed E-state index contributed by atoms with van der Waals surface area (Å²) in [6.07, 6.45) is 2.16. The molecule has 2 aliphatic heterocycles. The molecule has 0 aliphatic carbocycles. The number of fused-ring (bicyclic) bond motifs is 1. The van der Waals surface area contributed by atoms with Crippen LogP contribution in [0.1, 0.15) is 29.9 Å². The third kappa shape index (κ3) is 3.98. The first-order chi connectivity index (χ1) is 13.1. The number of piperidine rings is 1. The van der Waals surface area contributed by atoms with Gasteiger partial charge in [-0.15, -0.1) is 0 Å². The predicted molar refractivity (Wildman–Crippen MR) is 103 cm³/mol. The number of rotatable bonds is 3. The lowest BCUT2D eigenvalue weighted by molar-refractivity contribution is -0.131. The maximum Gasteiger partial charge on any atom is 0.226 e. The van der Waals surface area contributed by atoms with E-state index in [1.54, 1.807) is 18.2 Å². The Bertz CT molecular complexity index is 829. The molecule has 27 heavy (non-hydrogen) atoms. The summed E-state index contributed by atoms with van der Waals surface area (Å²) in [7, 11) is 0. The van der Waals surface area contributed by atoms with Gasteiger partial charge >= 0.3 is 0 Å². The Labute approximate surface area is 163 Å². The fourth-order valence-corrected chi connectivity index (χ4v) is 4.05. The number of hydrogen-bond acceptors (Lipinski definition) is 4. The lowest BCUT2D eigenvalue weighted by Gasteiger charge is -2.32. The second kappa shape index (κ2) is 7.69. The Balaban J connectivity index is 1.37.